The van der Waals surface area contributed by atoms with E-state index in [1.165, 1.54) is 167 Å². The van der Waals surface area contributed by atoms with Gasteiger partial charge in [-0.05, 0) is 78.1 Å². The maximum Gasteiger partial charge on any atom is 0.198 e. The van der Waals surface area contributed by atoms with Gasteiger partial charge in [0.2, 0.25) is 0 Å². The van der Waals surface area contributed by atoms with E-state index >= 15 is 0 Å². The van der Waals surface area contributed by atoms with E-state index in [4.69, 9.17) is 14.2 Å². The summed E-state index contributed by atoms with van der Waals surface area (Å²) in [6.07, 6.45) is 48.9. The molecule has 0 radical (unpaired) electrons. The Kier molecular flexibility index (Phi) is 25.9. The van der Waals surface area contributed by atoms with E-state index < -0.39 is 0 Å². The molecule has 0 N–H and O–H groups in total. The van der Waals surface area contributed by atoms with Crippen molar-refractivity contribution >= 4 is 23.7 Å². The molecule has 1 aliphatic carbocycles. The van der Waals surface area contributed by atoms with E-state index in [0.29, 0.717) is 28.2 Å². The second-order valence-corrected chi connectivity index (χ2v) is 18.9. The zero-order valence-electron chi connectivity index (χ0n) is 41.6. The van der Waals surface area contributed by atoms with Gasteiger partial charge in [-0.3, -0.25) is 9.59 Å². The topological polar surface area (TPSA) is 61.8 Å². The first-order valence-electron chi connectivity index (χ1n) is 26.9. The monoisotopic (exact) mass is 909 g/mol. The first-order valence-corrected chi connectivity index (χ1v) is 26.9. The van der Waals surface area contributed by atoms with Crippen molar-refractivity contribution in [2.75, 3.05) is 13.2 Å². The fourth-order valence-corrected chi connectivity index (χ4v) is 9.05. The van der Waals surface area contributed by atoms with Crippen molar-refractivity contribution in [2.45, 2.75) is 194 Å². The summed E-state index contributed by atoms with van der Waals surface area (Å²) in [5, 5.41) is 0. The van der Waals surface area contributed by atoms with Crippen LogP contribution in [0.4, 0.5) is 0 Å². The van der Waals surface area contributed by atoms with Crippen molar-refractivity contribution in [3.63, 3.8) is 0 Å². The summed E-state index contributed by atoms with van der Waals surface area (Å²) in [5.74, 6) is 2.28. The van der Waals surface area contributed by atoms with E-state index in [9.17, 15) is 9.59 Å². The van der Waals surface area contributed by atoms with Crippen LogP contribution >= 0.6 is 0 Å². The molecule has 5 nitrogen and oxygen atoms in total. The number of benzene rings is 3. The van der Waals surface area contributed by atoms with Crippen LogP contribution in [-0.2, 0) is 4.74 Å². The van der Waals surface area contributed by atoms with E-state index in [1.807, 2.05) is 72.8 Å². The SMILES string of the molecule is CCCCCCCCCCCCCCCCOc1ccc(/C=C/C2=CC(=C3C(=O)c4ccccc4C3=O)C=C(/C=C/c3ccc(OCCCCCCCCCCCCCCCC)cc3)O2)cc1. The molecule has 0 unspecified atom stereocenters. The Morgan fingerprint density at radius 3 is 1.03 bits per heavy atom. The third-order valence-corrected chi connectivity index (χ3v) is 13.2. The van der Waals surface area contributed by atoms with Gasteiger partial charge in [-0.2, -0.15) is 0 Å². The average Bonchev–Trinajstić information content (AvgIpc) is 3.61. The molecule has 0 saturated carbocycles. The number of ether oxygens (including phenoxy) is 3. The molecule has 3 aromatic rings. The summed E-state index contributed by atoms with van der Waals surface area (Å²) < 4.78 is 18.5. The highest BCUT2D eigenvalue weighted by Crippen LogP contribution is 2.33. The van der Waals surface area contributed by atoms with Crippen LogP contribution < -0.4 is 9.47 Å². The molecular weight excluding hydrogens is 825 g/mol. The Morgan fingerprint density at radius 1 is 0.388 bits per heavy atom. The first kappa shape index (κ1) is 53.1. The molecule has 0 bridgehead atoms. The fourth-order valence-electron chi connectivity index (χ4n) is 9.05. The molecule has 0 aromatic heterocycles. The van der Waals surface area contributed by atoms with Crippen LogP contribution in [0, 0.1) is 0 Å². The number of Topliss-reactive ketones (excluding diaryl/α,β-unsaturated/α-hetero) is 2. The molecule has 3 aromatic carbocycles. The van der Waals surface area contributed by atoms with E-state index in [-0.39, 0.29) is 17.1 Å². The van der Waals surface area contributed by atoms with E-state index in [1.54, 1.807) is 36.4 Å². The van der Waals surface area contributed by atoms with Crippen LogP contribution in [0.3, 0.4) is 0 Å². The number of fused-ring (bicyclic) bond motifs is 1. The molecular formula is C62H84O5. The minimum absolute atomic E-state index is 0.168. The van der Waals surface area contributed by atoms with Crippen LogP contribution in [0.2, 0.25) is 0 Å². The summed E-state index contributed by atoms with van der Waals surface area (Å²) in [7, 11) is 0. The number of carbonyl (C=O) groups excluding carboxylic acids is 2. The Labute approximate surface area is 406 Å². The number of carbonyl (C=O) groups is 2. The van der Waals surface area contributed by atoms with E-state index in [2.05, 4.69) is 13.8 Å². The van der Waals surface area contributed by atoms with Crippen LogP contribution in [-0.4, -0.2) is 24.8 Å². The lowest BCUT2D eigenvalue weighted by Crippen LogP contribution is -2.07. The lowest BCUT2D eigenvalue weighted by atomic mass is 10.00. The second-order valence-electron chi connectivity index (χ2n) is 18.9. The number of hydrogen-bond acceptors (Lipinski definition) is 5. The standard InChI is InChI=1S/C62H84O5/c1-3-5-7-9-11-13-15-17-19-21-23-25-27-31-47-65-54-41-35-51(36-42-54)39-45-56-49-53(60-61(63)58-33-29-30-34-59(58)62(60)64)50-57(67-56)46-40-52-37-43-55(44-38-52)66-48-32-28-26-24-22-20-18-16-14-12-10-8-6-4-2/h29-30,33-46,49-50H,3-28,31-32,47-48H2,1-2H3/b45-39+,46-40+. The lowest BCUT2D eigenvalue weighted by Gasteiger charge is -2.15. The van der Waals surface area contributed by atoms with Gasteiger partial charge in [-0.15, -0.1) is 0 Å². The zero-order chi connectivity index (χ0) is 47.0. The van der Waals surface area contributed by atoms with E-state index in [0.717, 1.165) is 48.7 Å². The molecule has 5 heteroatoms. The predicted molar refractivity (Wildman–Crippen MR) is 282 cm³/mol. The molecule has 0 atom stereocenters. The molecule has 0 fully saturated rings. The lowest BCUT2D eigenvalue weighted by molar-refractivity contribution is 0.0987. The van der Waals surface area contributed by atoms with Gasteiger partial charge in [0.05, 0.1) is 18.8 Å². The Bertz CT molecular complexity index is 1890. The van der Waals surface area contributed by atoms with Gasteiger partial charge in [-0.25, -0.2) is 0 Å². The van der Waals surface area contributed by atoms with Crippen LogP contribution in [0.5, 0.6) is 11.5 Å². The van der Waals surface area contributed by atoms with Crippen molar-refractivity contribution in [3.8, 4) is 11.5 Å². The fraction of sp³-hybridized carbons (Fsp3) is 0.516. The smallest absolute Gasteiger partial charge is 0.198 e. The largest absolute Gasteiger partial charge is 0.494 e. The van der Waals surface area contributed by atoms with Crippen molar-refractivity contribution in [3.05, 3.63) is 142 Å². The summed E-state index contributed by atoms with van der Waals surface area (Å²) in [6, 6.07) is 23.2. The Balaban J connectivity index is 1.04. The Hall–Kier alpha value is -4.90. The van der Waals surface area contributed by atoms with Gasteiger partial charge in [0.1, 0.15) is 23.0 Å². The third-order valence-electron chi connectivity index (χ3n) is 13.2. The van der Waals surface area contributed by atoms with Crippen LogP contribution in [0.25, 0.3) is 12.2 Å². The number of unbranched alkanes of at least 4 members (excludes halogenated alkanes) is 26. The van der Waals surface area contributed by atoms with Crippen molar-refractivity contribution in [1.82, 2.24) is 0 Å². The number of ketones is 2. The molecule has 0 amide bonds. The summed E-state index contributed by atoms with van der Waals surface area (Å²) in [6.45, 7) is 6.02. The molecule has 362 valence electrons. The second kappa shape index (κ2) is 32.7. The molecule has 0 saturated heterocycles. The normalized spacial score (nSPS) is 13.7. The van der Waals surface area contributed by atoms with Gasteiger partial charge in [0.25, 0.3) is 0 Å². The van der Waals surface area contributed by atoms with Gasteiger partial charge in [0.15, 0.2) is 11.6 Å². The summed E-state index contributed by atoms with van der Waals surface area (Å²) in [5.41, 5.74) is 3.56. The number of allylic oxidation sites excluding steroid dienone is 6. The van der Waals surface area contributed by atoms with Crippen LogP contribution in [0.1, 0.15) is 225 Å². The Morgan fingerprint density at radius 2 is 0.701 bits per heavy atom. The number of hydrogen-bond donors (Lipinski definition) is 0. The van der Waals surface area contributed by atoms with Gasteiger partial charge < -0.3 is 14.2 Å². The quantitative estimate of drug-likeness (QED) is 0.0330. The van der Waals surface area contributed by atoms with Gasteiger partial charge in [-0.1, -0.05) is 241 Å². The maximum absolute atomic E-state index is 13.6. The third kappa shape index (κ3) is 20.5. The predicted octanol–water partition coefficient (Wildman–Crippen LogP) is 18.3. The molecule has 1 heterocycles. The van der Waals surface area contributed by atoms with Crippen molar-refractivity contribution < 1.29 is 23.8 Å². The van der Waals surface area contributed by atoms with Crippen LogP contribution in [0.15, 0.2) is 120 Å². The molecule has 0 spiro atoms. The summed E-state index contributed by atoms with van der Waals surface area (Å²) in [4.78, 5) is 27.1. The first-order chi connectivity index (χ1) is 33.1. The minimum atomic E-state index is -0.258. The molecule has 2 aliphatic rings. The highest BCUT2D eigenvalue weighted by molar-refractivity contribution is 6.40. The molecule has 67 heavy (non-hydrogen) atoms. The highest BCUT2D eigenvalue weighted by Gasteiger charge is 2.35. The average molecular weight is 909 g/mol. The molecule has 5 rings (SSSR count). The highest BCUT2D eigenvalue weighted by atomic mass is 16.5. The minimum Gasteiger partial charge on any atom is -0.494 e. The number of rotatable bonds is 36. The van der Waals surface area contributed by atoms with Crippen molar-refractivity contribution in [2.24, 2.45) is 0 Å². The maximum atomic E-state index is 13.6. The molecule has 1 aliphatic heterocycles. The zero-order valence-corrected chi connectivity index (χ0v) is 41.6. The van der Waals surface area contributed by atoms with Crippen molar-refractivity contribution in [1.29, 1.82) is 0 Å². The summed E-state index contributed by atoms with van der Waals surface area (Å²) >= 11 is 0. The van der Waals surface area contributed by atoms with Gasteiger partial charge >= 0.3 is 0 Å². The van der Waals surface area contributed by atoms with Gasteiger partial charge in [0, 0.05) is 11.1 Å².